The second kappa shape index (κ2) is 7.77. The predicted molar refractivity (Wildman–Crippen MR) is 88.9 cm³/mol. The molecule has 0 radical (unpaired) electrons. The molecule has 2 heterocycles. The fourth-order valence-electron chi connectivity index (χ4n) is 3.33. The van der Waals surface area contributed by atoms with Crippen LogP contribution in [0.4, 0.5) is 0 Å². The fraction of sp³-hybridized carbons (Fsp3) is 0.765. The standard InChI is InChI=1S/C17H30N4O/c1-5-10-21-11-8-15(9-12-21)18-17(22)7-6-16-13(2)19-20(4)14(16)3/h15H,5-12H2,1-4H3,(H,18,22). The molecule has 0 spiro atoms. The van der Waals surface area contributed by atoms with Crippen molar-refractivity contribution in [1.82, 2.24) is 20.0 Å². The van der Waals surface area contributed by atoms with Crippen LogP contribution < -0.4 is 5.32 Å². The molecule has 0 saturated carbocycles. The molecule has 1 aromatic rings. The Kier molecular flexibility index (Phi) is 6.00. The first-order valence-electron chi connectivity index (χ1n) is 8.52. The molecule has 1 aliphatic rings. The highest BCUT2D eigenvalue weighted by Gasteiger charge is 2.20. The molecular weight excluding hydrogens is 276 g/mol. The van der Waals surface area contributed by atoms with E-state index in [0.29, 0.717) is 12.5 Å². The van der Waals surface area contributed by atoms with E-state index in [4.69, 9.17) is 0 Å². The maximum Gasteiger partial charge on any atom is 0.220 e. The van der Waals surface area contributed by atoms with Crippen LogP contribution in [-0.2, 0) is 18.3 Å². The van der Waals surface area contributed by atoms with Crippen molar-refractivity contribution in [2.75, 3.05) is 19.6 Å². The van der Waals surface area contributed by atoms with Crippen LogP contribution in [0.3, 0.4) is 0 Å². The average Bonchev–Trinajstić information content (AvgIpc) is 2.72. The number of likely N-dealkylation sites (tertiary alicyclic amines) is 1. The Labute approximate surface area is 134 Å². The maximum absolute atomic E-state index is 12.2. The molecule has 1 N–H and O–H groups in total. The molecule has 5 nitrogen and oxygen atoms in total. The van der Waals surface area contributed by atoms with Gasteiger partial charge in [-0.05, 0) is 51.6 Å². The van der Waals surface area contributed by atoms with Gasteiger partial charge in [-0.3, -0.25) is 9.48 Å². The third-order valence-electron chi connectivity index (χ3n) is 4.75. The van der Waals surface area contributed by atoms with E-state index >= 15 is 0 Å². The molecule has 1 fully saturated rings. The zero-order valence-corrected chi connectivity index (χ0v) is 14.5. The van der Waals surface area contributed by atoms with Crippen LogP contribution >= 0.6 is 0 Å². The van der Waals surface area contributed by atoms with Gasteiger partial charge in [0.2, 0.25) is 5.91 Å². The second-order valence-electron chi connectivity index (χ2n) is 6.46. The quantitative estimate of drug-likeness (QED) is 0.874. The van der Waals surface area contributed by atoms with Crippen molar-refractivity contribution in [3.8, 4) is 0 Å². The topological polar surface area (TPSA) is 50.2 Å². The number of piperidine rings is 1. The molecule has 0 atom stereocenters. The van der Waals surface area contributed by atoms with Crippen molar-refractivity contribution in [2.24, 2.45) is 7.05 Å². The number of aromatic nitrogens is 2. The summed E-state index contributed by atoms with van der Waals surface area (Å²) >= 11 is 0. The van der Waals surface area contributed by atoms with Crippen LogP contribution in [0.25, 0.3) is 0 Å². The van der Waals surface area contributed by atoms with Gasteiger partial charge in [0.1, 0.15) is 0 Å². The normalized spacial score (nSPS) is 16.9. The number of carbonyl (C=O) groups excluding carboxylic acids is 1. The van der Waals surface area contributed by atoms with Gasteiger partial charge in [0, 0.05) is 38.3 Å². The predicted octanol–water partition coefficient (Wildman–Crippen LogP) is 1.96. The molecule has 1 aromatic heterocycles. The number of rotatable bonds is 6. The molecule has 0 unspecified atom stereocenters. The van der Waals surface area contributed by atoms with Crippen LogP contribution in [0.1, 0.15) is 49.6 Å². The summed E-state index contributed by atoms with van der Waals surface area (Å²) in [6, 6.07) is 0.358. The number of hydrogen-bond acceptors (Lipinski definition) is 3. The van der Waals surface area contributed by atoms with E-state index < -0.39 is 0 Å². The minimum atomic E-state index is 0.177. The van der Waals surface area contributed by atoms with Crippen molar-refractivity contribution in [3.05, 3.63) is 17.0 Å². The van der Waals surface area contributed by atoms with E-state index in [1.54, 1.807) is 0 Å². The lowest BCUT2D eigenvalue weighted by molar-refractivity contribution is -0.122. The molecule has 1 amide bonds. The lowest BCUT2D eigenvalue weighted by Gasteiger charge is -2.32. The lowest BCUT2D eigenvalue weighted by atomic mass is 10.0. The fourth-order valence-corrected chi connectivity index (χ4v) is 3.33. The molecule has 5 heteroatoms. The third-order valence-corrected chi connectivity index (χ3v) is 4.75. The number of amides is 1. The summed E-state index contributed by atoms with van der Waals surface area (Å²) in [7, 11) is 1.95. The summed E-state index contributed by atoms with van der Waals surface area (Å²) in [4.78, 5) is 14.7. The van der Waals surface area contributed by atoms with E-state index in [9.17, 15) is 4.79 Å². The first-order chi connectivity index (χ1) is 10.5. The van der Waals surface area contributed by atoms with Gasteiger partial charge < -0.3 is 10.2 Å². The zero-order valence-electron chi connectivity index (χ0n) is 14.5. The Hall–Kier alpha value is -1.36. The summed E-state index contributed by atoms with van der Waals surface area (Å²) in [5, 5.41) is 7.61. The highest BCUT2D eigenvalue weighted by Crippen LogP contribution is 2.15. The Morgan fingerprint density at radius 1 is 1.32 bits per heavy atom. The highest BCUT2D eigenvalue weighted by atomic mass is 16.1. The van der Waals surface area contributed by atoms with E-state index in [1.807, 2.05) is 18.7 Å². The first-order valence-corrected chi connectivity index (χ1v) is 8.52. The molecule has 2 rings (SSSR count). The minimum Gasteiger partial charge on any atom is -0.353 e. The van der Waals surface area contributed by atoms with E-state index in [-0.39, 0.29) is 5.91 Å². The van der Waals surface area contributed by atoms with Gasteiger partial charge in [0.05, 0.1) is 5.69 Å². The summed E-state index contributed by atoms with van der Waals surface area (Å²) < 4.78 is 1.89. The van der Waals surface area contributed by atoms with Crippen LogP contribution in [-0.4, -0.2) is 46.3 Å². The first kappa shape index (κ1) is 17.0. The second-order valence-corrected chi connectivity index (χ2v) is 6.46. The van der Waals surface area contributed by atoms with Crippen molar-refractivity contribution < 1.29 is 4.79 Å². The largest absolute Gasteiger partial charge is 0.353 e. The molecule has 124 valence electrons. The van der Waals surface area contributed by atoms with Gasteiger partial charge in [-0.15, -0.1) is 0 Å². The number of carbonyl (C=O) groups is 1. The summed E-state index contributed by atoms with van der Waals surface area (Å²) in [5.41, 5.74) is 3.43. The van der Waals surface area contributed by atoms with E-state index in [2.05, 4.69) is 29.2 Å². The Morgan fingerprint density at radius 3 is 2.55 bits per heavy atom. The Morgan fingerprint density at radius 2 is 2.00 bits per heavy atom. The third kappa shape index (κ3) is 4.32. The van der Waals surface area contributed by atoms with Gasteiger partial charge in [-0.1, -0.05) is 6.92 Å². The number of hydrogen-bond donors (Lipinski definition) is 1. The van der Waals surface area contributed by atoms with Gasteiger partial charge >= 0.3 is 0 Å². The number of nitrogens with zero attached hydrogens (tertiary/aromatic N) is 3. The smallest absolute Gasteiger partial charge is 0.220 e. The Bertz CT molecular complexity index is 501. The van der Waals surface area contributed by atoms with E-state index in [1.165, 1.54) is 18.5 Å². The monoisotopic (exact) mass is 306 g/mol. The zero-order chi connectivity index (χ0) is 16.1. The van der Waals surface area contributed by atoms with Gasteiger partial charge in [0.15, 0.2) is 0 Å². The summed E-state index contributed by atoms with van der Waals surface area (Å²) in [5.74, 6) is 0.177. The molecule has 1 aliphatic heterocycles. The van der Waals surface area contributed by atoms with Crippen molar-refractivity contribution >= 4 is 5.91 Å². The van der Waals surface area contributed by atoms with Crippen LogP contribution in [0.2, 0.25) is 0 Å². The SMILES string of the molecule is CCCN1CCC(NC(=O)CCc2c(C)nn(C)c2C)CC1. The highest BCUT2D eigenvalue weighted by molar-refractivity contribution is 5.76. The van der Waals surface area contributed by atoms with E-state index in [0.717, 1.165) is 43.7 Å². The van der Waals surface area contributed by atoms with Crippen LogP contribution in [0.5, 0.6) is 0 Å². The molecule has 1 saturated heterocycles. The molecule has 0 aromatic carbocycles. The summed E-state index contributed by atoms with van der Waals surface area (Å²) in [6.07, 6.45) is 4.71. The number of nitrogens with one attached hydrogen (secondary N) is 1. The van der Waals surface area contributed by atoms with Crippen molar-refractivity contribution in [2.45, 2.75) is 58.9 Å². The molecular formula is C17H30N4O. The van der Waals surface area contributed by atoms with Gasteiger partial charge in [-0.2, -0.15) is 5.10 Å². The maximum atomic E-state index is 12.2. The van der Waals surface area contributed by atoms with Crippen LogP contribution in [0.15, 0.2) is 0 Å². The average molecular weight is 306 g/mol. The van der Waals surface area contributed by atoms with Crippen LogP contribution in [0, 0.1) is 13.8 Å². The lowest BCUT2D eigenvalue weighted by Crippen LogP contribution is -2.44. The molecule has 0 bridgehead atoms. The molecule has 22 heavy (non-hydrogen) atoms. The number of aryl methyl sites for hydroxylation is 2. The molecule has 0 aliphatic carbocycles. The summed E-state index contributed by atoms with van der Waals surface area (Å²) in [6.45, 7) is 9.70. The van der Waals surface area contributed by atoms with Crippen molar-refractivity contribution in [1.29, 1.82) is 0 Å². The minimum absolute atomic E-state index is 0.177. The van der Waals surface area contributed by atoms with Gasteiger partial charge in [-0.25, -0.2) is 0 Å². The Balaban J connectivity index is 1.75. The van der Waals surface area contributed by atoms with Gasteiger partial charge in [0.25, 0.3) is 0 Å². The van der Waals surface area contributed by atoms with Crippen molar-refractivity contribution in [3.63, 3.8) is 0 Å².